The van der Waals surface area contributed by atoms with E-state index in [9.17, 15) is 9.59 Å². The molecule has 0 spiro atoms. The minimum Gasteiger partial charge on any atom is -0.342 e. The zero-order valence-electron chi connectivity index (χ0n) is 13.1. The van der Waals surface area contributed by atoms with Crippen LogP contribution in [0.1, 0.15) is 65.2 Å². The third-order valence-corrected chi connectivity index (χ3v) is 5.24. The quantitative estimate of drug-likeness (QED) is 0.790. The number of hydrogen-bond acceptors (Lipinski definition) is 2. The highest BCUT2D eigenvalue weighted by Crippen LogP contribution is 2.33. The normalized spacial score (nSPS) is 29.0. The Bertz CT molecular complexity index is 339. The molecule has 0 aromatic heterocycles. The van der Waals surface area contributed by atoms with Gasteiger partial charge in [-0.3, -0.25) is 9.59 Å². The molecule has 1 amide bonds. The van der Waals surface area contributed by atoms with Crippen LogP contribution in [0.25, 0.3) is 0 Å². The molecule has 1 unspecified atom stereocenters. The van der Waals surface area contributed by atoms with Crippen molar-refractivity contribution in [1.82, 2.24) is 4.90 Å². The highest BCUT2D eigenvalue weighted by atomic mass is 16.2. The summed E-state index contributed by atoms with van der Waals surface area (Å²) in [7, 11) is 0. The van der Waals surface area contributed by atoms with E-state index in [0.29, 0.717) is 11.7 Å². The van der Waals surface area contributed by atoms with Crippen molar-refractivity contribution < 1.29 is 9.59 Å². The molecule has 20 heavy (non-hydrogen) atoms. The van der Waals surface area contributed by atoms with Crippen LogP contribution >= 0.6 is 0 Å². The third-order valence-electron chi connectivity index (χ3n) is 5.24. The van der Waals surface area contributed by atoms with E-state index >= 15 is 0 Å². The van der Waals surface area contributed by atoms with Gasteiger partial charge in [0.15, 0.2) is 0 Å². The molecule has 3 heteroatoms. The minimum atomic E-state index is 0.189. The molecule has 0 bridgehead atoms. The summed E-state index contributed by atoms with van der Waals surface area (Å²) in [5.74, 6) is 1.38. The van der Waals surface area contributed by atoms with Crippen LogP contribution < -0.4 is 0 Å². The molecule has 3 nitrogen and oxygen atoms in total. The first-order chi connectivity index (χ1) is 9.63. The van der Waals surface area contributed by atoms with E-state index in [4.69, 9.17) is 0 Å². The van der Waals surface area contributed by atoms with Gasteiger partial charge in [0.25, 0.3) is 0 Å². The zero-order valence-corrected chi connectivity index (χ0v) is 13.1. The lowest BCUT2D eigenvalue weighted by atomic mass is 9.76. The second-order valence-electron chi connectivity index (χ2n) is 6.65. The first-order valence-corrected chi connectivity index (χ1v) is 8.46. The van der Waals surface area contributed by atoms with Crippen molar-refractivity contribution in [3.8, 4) is 0 Å². The maximum atomic E-state index is 12.5. The Hall–Kier alpha value is -0.860. The Balaban J connectivity index is 1.81. The number of amides is 1. The van der Waals surface area contributed by atoms with Crippen molar-refractivity contribution in [3.05, 3.63) is 0 Å². The van der Waals surface area contributed by atoms with Crippen LogP contribution in [0, 0.1) is 17.8 Å². The van der Waals surface area contributed by atoms with Gasteiger partial charge in [0.1, 0.15) is 5.78 Å². The van der Waals surface area contributed by atoms with E-state index in [1.54, 1.807) is 0 Å². The standard InChI is InChI=1S/C17H29NO2/c1-3-13(2)16(19)14-7-9-15(10-8-14)17(20)18-11-5-4-6-12-18/h13-15H,3-12H2,1-2H3. The second-order valence-corrected chi connectivity index (χ2v) is 6.65. The maximum Gasteiger partial charge on any atom is 0.225 e. The number of likely N-dealkylation sites (tertiary alicyclic amines) is 1. The lowest BCUT2D eigenvalue weighted by molar-refractivity contribution is -0.139. The summed E-state index contributed by atoms with van der Waals surface area (Å²) in [5, 5.41) is 0. The highest BCUT2D eigenvalue weighted by Gasteiger charge is 2.33. The zero-order chi connectivity index (χ0) is 14.5. The number of rotatable bonds is 4. The van der Waals surface area contributed by atoms with Gasteiger partial charge in [-0.25, -0.2) is 0 Å². The largest absolute Gasteiger partial charge is 0.342 e. The van der Waals surface area contributed by atoms with Gasteiger partial charge >= 0.3 is 0 Å². The van der Waals surface area contributed by atoms with Crippen molar-refractivity contribution in [1.29, 1.82) is 0 Å². The molecule has 0 N–H and O–H groups in total. The average molecular weight is 279 g/mol. The van der Waals surface area contributed by atoms with Gasteiger partial charge < -0.3 is 4.90 Å². The number of carbonyl (C=O) groups is 2. The Morgan fingerprint density at radius 3 is 2.10 bits per heavy atom. The van der Waals surface area contributed by atoms with Gasteiger partial charge in [-0.1, -0.05) is 13.8 Å². The van der Waals surface area contributed by atoms with Gasteiger partial charge in [-0.15, -0.1) is 0 Å². The Morgan fingerprint density at radius 2 is 1.55 bits per heavy atom. The van der Waals surface area contributed by atoms with Crippen molar-refractivity contribution in [2.24, 2.45) is 17.8 Å². The molecular weight excluding hydrogens is 250 g/mol. The molecule has 0 aromatic rings. The Morgan fingerprint density at radius 1 is 1.00 bits per heavy atom. The fourth-order valence-corrected chi connectivity index (χ4v) is 3.60. The maximum absolute atomic E-state index is 12.5. The smallest absolute Gasteiger partial charge is 0.225 e. The molecule has 1 aliphatic heterocycles. The van der Waals surface area contributed by atoms with E-state index in [0.717, 1.165) is 58.0 Å². The minimum absolute atomic E-state index is 0.189. The van der Waals surface area contributed by atoms with Crippen LogP contribution in [0.5, 0.6) is 0 Å². The van der Waals surface area contributed by atoms with Crippen LogP contribution in [-0.2, 0) is 9.59 Å². The molecule has 114 valence electrons. The Labute approximate surface area is 123 Å². The van der Waals surface area contributed by atoms with Crippen molar-refractivity contribution in [3.63, 3.8) is 0 Å². The Kier molecular flexibility index (Phi) is 5.62. The molecule has 1 heterocycles. The van der Waals surface area contributed by atoms with Gasteiger partial charge in [0.2, 0.25) is 5.91 Å². The summed E-state index contributed by atoms with van der Waals surface area (Å²) in [6.45, 7) is 6.01. The molecule has 0 radical (unpaired) electrons. The molecule has 1 saturated heterocycles. The van der Waals surface area contributed by atoms with Crippen molar-refractivity contribution >= 4 is 11.7 Å². The number of carbonyl (C=O) groups excluding carboxylic acids is 2. The fraction of sp³-hybridized carbons (Fsp3) is 0.882. The highest BCUT2D eigenvalue weighted by molar-refractivity contribution is 5.84. The summed E-state index contributed by atoms with van der Waals surface area (Å²) in [6.07, 6.45) is 8.21. The third kappa shape index (κ3) is 3.62. The van der Waals surface area contributed by atoms with E-state index in [-0.39, 0.29) is 17.8 Å². The second kappa shape index (κ2) is 7.24. The summed E-state index contributed by atoms with van der Waals surface area (Å²) >= 11 is 0. The van der Waals surface area contributed by atoms with Crippen molar-refractivity contribution in [2.75, 3.05) is 13.1 Å². The molecule has 0 aromatic carbocycles. The predicted octanol–water partition coefficient (Wildman–Crippen LogP) is 3.42. The SMILES string of the molecule is CCC(C)C(=O)C1CCC(C(=O)N2CCCCC2)CC1. The summed E-state index contributed by atoms with van der Waals surface area (Å²) in [4.78, 5) is 26.7. The van der Waals surface area contributed by atoms with E-state index in [1.807, 2.05) is 6.92 Å². The summed E-state index contributed by atoms with van der Waals surface area (Å²) in [6, 6.07) is 0. The topological polar surface area (TPSA) is 37.4 Å². The van der Waals surface area contributed by atoms with Gasteiger partial charge in [0.05, 0.1) is 0 Å². The van der Waals surface area contributed by atoms with Crippen LogP contribution in [0.3, 0.4) is 0 Å². The number of hydrogen-bond donors (Lipinski definition) is 0. The summed E-state index contributed by atoms with van der Waals surface area (Å²) < 4.78 is 0. The molecule has 2 fully saturated rings. The van der Waals surface area contributed by atoms with Crippen LogP contribution in [0.15, 0.2) is 0 Å². The monoisotopic (exact) mass is 279 g/mol. The first-order valence-electron chi connectivity index (χ1n) is 8.46. The molecule has 2 aliphatic rings. The van der Waals surface area contributed by atoms with E-state index < -0.39 is 0 Å². The molecule has 1 aliphatic carbocycles. The first kappa shape index (κ1) is 15.5. The van der Waals surface area contributed by atoms with Crippen LogP contribution in [-0.4, -0.2) is 29.7 Å². The number of piperidine rings is 1. The molecule has 1 atom stereocenters. The molecule has 1 saturated carbocycles. The van der Waals surface area contributed by atoms with E-state index in [1.165, 1.54) is 6.42 Å². The van der Waals surface area contributed by atoms with E-state index in [2.05, 4.69) is 11.8 Å². The van der Waals surface area contributed by atoms with Crippen molar-refractivity contribution in [2.45, 2.75) is 65.2 Å². The molecular formula is C17H29NO2. The van der Waals surface area contributed by atoms with Crippen LogP contribution in [0.2, 0.25) is 0 Å². The van der Waals surface area contributed by atoms with Gasteiger partial charge in [-0.05, 0) is 51.4 Å². The number of Topliss-reactive ketones (excluding diaryl/α,β-unsaturated/α-hetero) is 1. The average Bonchev–Trinajstić information content (AvgIpc) is 2.53. The van der Waals surface area contributed by atoms with Gasteiger partial charge in [0, 0.05) is 30.8 Å². The van der Waals surface area contributed by atoms with Gasteiger partial charge in [-0.2, -0.15) is 0 Å². The lowest BCUT2D eigenvalue weighted by Gasteiger charge is -2.34. The predicted molar refractivity (Wildman–Crippen MR) is 80.3 cm³/mol. The number of nitrogens with zero attached hydrogens (tertiary/aromatic N) is 1. The number of ketones is 1. The van der Waals surface area contributed by atoms with Crippen LogP contribution in [0.4, 0.5) is 0 Å². The lowest BCUT2D eigenvalue weighted by Crippen LogP contribution is -2.41. The summed E-state index contributed by atoms with van der Waals surface area (Å²) in [5.41, 5.74) is 0. The molecule has 2 rings (SSSR count). The fourth-order valence-electron chi connectivity index (χ4n) is 3.60.